The van der Waals surface area contributed by atoms with Gasteiger partial charge in [0.2, 0.25) is 0 Å². The number of aromatic nitrogens is 4. The van der Waals surface area contributed by atoms with Gasteiger partial charge >= 0.3 is 0 Å². The van der Waals surface area contributed by atoms with Gasteiger partial charge in [-0.25, -0.2) is 4.98 Å². The van der Waals surface area contributed by atoms with Crippen LogP contribution in [0.15, 0.2) is 29.6 Å². The van der Waals surface area contributed by atoms with Crippen molar-refractivity contribution >= 4 is 11.5 Å². The lowest BCUT2D eigenvalue weighted by Gasteiger charge is -2.06. The molecule has 102 valence electrons. The molecular weight excluding hydrogens is 242 g/mol. The van der Waals surface area contributed by atoms with Crippen LogP contribution in [0.1, 0.15) is 33.2 Å². The summed E-state index contributed by atoms with van der Waals surface area (Å²) in [5.74, 6) is 0.333. The van der Waals surface area contributed by atoms with E-state index in [9.17, 15) is 4.79 Å². The first-order chi connectivity index (χ1) is 9.11. The van der Waals surface area contributed by atoms with E-state index >= 15 is 0 Å². The Morgan fingerprint density at radius 3 is 2.84 bits per heavy atom. The molecule has 0 saturated heterocycles. The molecule has 0 aromatic carbocycles. The summed E-state index contributed by atoms with van der Waals surface area (Å²) in [4.78, 5) is 16.2. The summed E-state index contributed by atoms with van der Waals surface area (Å²) in [5, 5.41) is 7.24. The lowest BCUT2D eigenvalue weighted by atomic mass is 10.4. The van der Waals surface area contributed by atoms with Gasteiger partial charge in [0.25, 0.3) is 5.56 Å². The predicted molar refractivity (Wildman–Crippen MR) is 74.7 cm³/mol. The molecule has 0 spiro atoms. The normalized spacial score (nSPS) is 10.9. The zero-order chi connectivity index (χ0) is 13.8. The fraction of sp³-hybridized carbons (Fsp3) is 0.462. The number of rotatable bonds is 5. The summed E-state index contributed by atoms with van der Waals surface area (Å²) < 4.78 is 3.48. The van der Waals surface area contributed by atoms with Crippen LogP contribution >= 0.6 is 0 Å². The standard InChI is InChI=1S/C13H19N5O/c1-4-6-17-7-5-14-12(13(17)19)16-11-8-15-18(9-11)10(2)3/h5,7-10H,4,6H2,1-3H3,(H,14,16). The highest BCUT2D eigenvalue weighted by atomic mass is 16.1. The number of hydrogen-bond donors (Lipinski definition) is 1. The minimum absolute atomic E-state index is 0.110. The van der Waals surface area contributed by atoms with Crippen LogP contribution in [0.3, 0.4) is 0 Å². The van der Waals surface area contributed by atoms with Gasteiger partial charge in [0.05, 0.1) is 11.9 Å². The predicted octanol–water partition coefficient (Wildman–Crippen LogP) is 2.17. The van der Waals surface area contributed by atoms with Gasteiger partial charge in [-0.1, -0.05) is 6.92 Å². The van der Waals surface area contributed by atoms with Crippen LogP contribution in [0.5, 0.6) is 0 Å². The molecule has 2 aromatic heterocycles. The minimum Gasteiger partial charge on any atom is -0.333 e. The number of hydrogen-bond acceptors (Lipinski definition) is 4. The highest BCUT2D eigenvalue weighted by molar-refractivity contribution is 5.52. The second-order valence-electron chi connectivity index (χ2n) is 4.70. The van der Waals surface area contributed by atoms with Crippen molar-refractivity contribution in [2.24, 2.45) is 0 Å². The van der Waals surface area contributed by atoms with Gasteiger partial charge in [-0.2, -0.15) is 5.10 Å². The molecule has 0 atom stereocenters. The van der Waals surface area contributed by atoms with Crippen LogP contribution in [0.4, 0.5) is 11.5 Å². The van der Waals surface area contributed by atoms with Crippen LogP contribution in [0, 0.1) is 0 Å². The minimum atomic E-state index is -0.110. The van der Waals surface area contributed by atoms with Crippen molar-refractivity contribution in [2.75, 3.05) is 5.32 Å². The van der Waals surface area contributed by atoms with Crippen molar-refractivity contribution in [1.29, 1.82) is 0 Å². The van der Waals surface area contributed by atoms with E-state index < -0.39 is 0 Å². The molecule has 0 saturated carbocycles. The average molecular weight is 261 g/mol. The molecule has 2 heterocycles. The van der Waals surface area contributed by atoms with Crippen molar-refractivity contribution in [2.45, 2.75) is 39.8 Å². The van der Waals surface area contributed by atoms with E-state index in [1.807, 2.05) is 31.6 Å². The average Bonchev–Trinajstić information content (AvgIpc) is 2.83. The Kier molecular flexibility index (Phi) is 3.99. The summed E-state index contributed by atoms with van der Waals surface area (Å²) >= 11 is 0. The molecule has 0 amide bonds. The monoisotopic (exact) mass is 261 g/mol. The first-order valence-corrected chi connectivity index (χ1v) is 6.48. The third kappa shape index (κ3) is 3.01. The Bertz CT molecular complexity index is 599. The molecule has 6 heteroatoms. The van der Waals surface area contributed by atoms with Crippen LogP contribution < -0.4 is 10.9 Å². The molecule has 0 aliphatic carbocycles. The molecule has 0 aliphatic rings. The molecule has 2 rings (SSSR count). The maximum Gasteiger partial charge on any atom is 0.293 e. The third-order valence-electron chi connectivity index (χ3n) is 2.77. The van der Waals surface area contributed by atoms with E-state index in [1.165, 1.54) is 0 Å². The van der Waals surface area contributed by atoms with Crippen LogP contribution in [-0.2, 0) is 6.54 Å². The van der Waals surface area contributed by atoms with Crippen molar-refractivity contribution in [3.05, 3.63) is 35.1 Å². The molecule has 0 fully saturated rings. The molecule has 0 unspecified atom stereocenters. The molecule has 0 aliphatic heterocycles. The number of nitrogens with zero attached hydrogens (tertiary/aromatic N) is 4. The van der Waals surface area contributed by atoms with E-state index in [1.54, 1.807) is 23.2 Å². The maximum absolute atomic E-state index is 12.1. The van der Waals surface area contributed by atoms with Gasteiger partial charge in [0.1, 0.15) is 0 Å². The van der Waals surface area contributed by atoms with Crippen molar-refractivity contribution < 1.29 is 0 Å². The van der Waals surface area contributed by atoms with E-state index in [4.69, 9.17) is 0 Å². The van der Waals surface area contributed by atoms with Crippen LogP contribution in [0.2, 0.25) is 0 Å². The first kappa shape index (κ1) is 13.3. The number of anilines is 2. The van der Waals surface area contributed by atoms with Gasteiger partial charge in [-0.3, -0.25) is 9.48 Å². The SMILES string of the molecule is CCCn1ccnc(Nc2cnn(C(C)C)c2)c1=O. The lowest BCUT2D eigenvalue weighted by molar-refractivity contribution is 0.532. The summed E-state index contributed by atoms with van der Waals surface area (Å²) in [6.07, 6.45) is 7.80. The van der Waals surface area contributed by atoms with Crippen LogP contribution in [-0.4, -0.2) is 19.3 Å². The Balaban J connectivity index is 2.23. The lowest BCUT2D eigenvalue weighted by Crippen LogP contribution is -2.22. The fourth-order valence-corrected chi connectivity index (χ4v) is 1.77. The topological polar surface area (TPSA) is 64.7 Å². The van der Waals surface area contributed by atoms with Gasteiger partial charge in [-0.15, -0.1) is 0 Å². The Morgan fingerprint density at radius 1 is 1.42 bits per heavy atom. The summed E-state index contributed by atoms with van der Waals surface area (Å²) in [6, 6.07) is 0.288. The van der Waals surface area contributed by atoms with Gasteiger partial charge in [0.15, 0.2) is 5.82 Å². The first-order valence-electron chi connectivity index (χ1n) is 6.48. The van der Waals surface area contributed by atoms with E-state index in [-0.39, 0.29) is 11.6 Å². The van der Waals surface area contributed by atoms with Crippen molar-refractivity contribution in [3.63, 3.8) is 0 Å². The van der Waals surface area contributed by atoms with Gasteiger partial charge < -0.3 is 9.88 Å². The Hall–Kier alpha value is -2.11. The number of nitrogens with one attached hydrogen (secondary N) is 1. The molecular formula is C13H19N5O. The van der Waals surface area contributed by atoms with E-state index in [2.05, 4.69) is 15.4 Å². The molecule has 2 aromatic rings. The second kappa shape index (κ2) is 5.69. The third-order valence-corrected chi connectivity index (χ3v) is 2.77. The van der Waals surface area contributed by atoms with Gasteiger partial charge in [-0.05, 0) is 20.3 Å². The van der Waals surface area contributed by atoms with E-state index in [0.717, 1.165) is 12.1 Å². The summed E-state index contributed by atoms with van der Waals surface area (Å²) in [6.45, 7) is 6.82. The number of aryl methyl sites for hydroxylation is 1. The maximum atomic E-state index is 12.1. The highest BCUT2D eigenvalue weighted by Gasteiger charge is 2.07. The smallest absolute Gasteiger partial charge is 0.293 e. The zero-order valence-electron chi connectivity index (χ0n) is 11.5. The molecule has 19 heavy (non-hydrogen) atoms. The largest absolute Gasteiger partial charge is 0.333 e. The van der Waals surface area contributed by atoms with Crippen molar-refractivity contribution in [3.8, 4) is 0 Å². The molecule has 6 nitrogen and oxygen atoms in total. The Labute approximate surface area is 112 Å². The van der Waals surface area contributed by atoms with Gasteiger partial charge in [0, 0.05) is 31.2 Å². The second-order valence-corrected chi connectivity index (χ2v) is 4.70. The quantitative estimate of drug-likeness (QED) is 0.896. The van der Waals surface area contributed by atoms with E-state index in [0.29, 0.717) is 12.4 Å². The summed E-state index contributed by atoms with van der Waals surface area (Å²) in [7, 11) is 0. The fourth-order valence-electron chi connectivity index (χ4n) is 1.77. The molecule has 0 bridgehead atoms. The molecule has 0 radical (unpaired) electrons. The summed E-state index contributed by atoms with van der Waals surface area (Å²) in [5.41, 5.74) is 0.661. The van der Waals surface area contributed by atoms with Crippen LogP contribution in [0.25, 0.3) is 0 Å². The van der Waals surface area contributed by atoms with Crippen molar-refractivity contribution in [1.82, 2.24) is 19.3 Å². The highest BCUT2D eigenvalue weighted by Crippen LogP contribution is 2.12. The molecule has 1 N–H and O–H groups in total. The zero-order valence-corrected chi connectivity index (χ0v) is 11.5. The Morgan fingerprint density at radius 2 is 2.21 bits per heavy atom.